The average molecular weight is 432 g/mol. The molecule has 0 spiro atoms. The number of rotatable bonds is 5. The van der Waals surface area contributed by atoms with Crippen molar-refractivity contribution in [1.82, 2.24) is 5.43 Å². The highest BCUT2D eigenvalue weighted by atomic mass is 79.9. The van der Waals surface area contributed by atoms with Crippen molar-refractivity contribution in [3.05, 3.63) is 52.5 Å². The minimum absolute atomic E-state index is 0.0507. The molecule has 7 nitrogen and oxygen atoms in total. The van der Waals surface area contributed by atoms with Crippen molar-refractivity contribution in [3.63, 3.8) is 0 Å². The maximum absolute atomic E-state index is 12.2. The Hall–Kier alpha value is -2.87. The highest BCUT2D eigenvalue weighted by Crippen LogP contribution is 2.32. The van der Waals surface area contributed by atoms with E-state index in [1.54, 1.807) is 49.4 Å². The first-order valence-corrected chi connectivity index (χ1v) is 9.09. The van der Waals surface area contributed by atoms with Crippen LogP contribution in [0, 0.1) is 0 Å². The Morgan fingerprint density at radius 1 is 1.07 bits per heavy atom. The van der Waals surface area contributed by atoms with Gasteiger partial charge in [0.05, 0.1) is 6.42 Å². The smallest absolute Gasteiger partial charge is 0.271 e. The predicted octanol–water partition coefficient (Wildman–Crippen LogP) is 3.35. The molecular weight excluding hydrogens is 414 g/mol. The number of benzene rings is 2. The molecule has 0 fully saturated rings. The van der Waals surface area contributed by atoms with Crippen LogP contribution in [0.1, 0.15) is 23.7 Å². The number of carbonyl (C=O) groups excluding carboxylic acids is 2. The number of amides is 2. The maximum Gasteiger partial charge on any atom is 0.271 e. The van der Waals surface area contributed by atoms with E-state index in [2.05, 4.69) is 31.8 Å². The lowest BCUT2D eigenvalue weighted by atomic mass is 10.2. The van der Waals surface area contributed by atoms with Crippen molar-refractivity contribution >= 4 is 39.1 Å². The first-order valence-electron chi connectivity index (χ1n) is 8.30. The van der Waals surface area contributed by atoms with E-state index in [-0.39, 0.29) is 18.2 Å². The third-order valence-electron chi connectivity index (χ3n) is 3.70. The molecule has 2 amide bonds. The molecule has 2 aromatic rings. The molecule has 1 heterocycles. The highest BCUT2D eigenvalue weighted by molar-refractivity contribution is 9.10. The van der Waals surface area contributed by atoms with E-state index in [4.69, 9.17) is 9.47 Å². The summed E-state index contributed by atoms with van der Waals surface area (Å²) >= 11 is 3.31. The van der Waals surface area contributed by atoms with Crippen molar-refractivity contribution in [2.24, 2.45) is 5.10 Å². The SMILES string of the molecule is CC(CC(=O)Nc1ccc2c(c1)OCCO2)=NNC(=O)c1ccc(Br)cc1. The zero-order valence-corrected chi connectivity index (χ0v) is 16.2. The van der Waals surface area contributed by atoms with Gasteiger partial charge in [-0.15, -0.1) is 0 Å². The molecule has 0 saturated carbocycles. The number of carbonyl (C=O) groups is 2. The van der Waals surface area contributed by atoms with Gasteiger partial charge in [0.15, 0.2) is 11.5 Å². The summed E-state index contributed by atoms with van der Waals surface area (Å²) in [6.45, 7) is 2.67. The second kappa shape index (κ2) is 8.68. The zero-order chi connectivity index (χ0) is 19.2. The molecule has 8 heteroatoms. The van der Waals surface area contributed by atoms with Gasteiger partial charge in [0.2, 0.25) is 5.91 Å². The molecule has 2 aromatic carbocycles. The molecular formula is C19H18BrN3O4. The quantitative estimate of drug-likeness (QED) is 0.560. The largest absolute Gasteiger partial charge is 0.486 e. The van der Waals surface area contributed by atoms with E-state index in [0.717, 1.165) is 4.47 Å². The lowest BCUT2D eigenvalue weighted by Crippen LogP contribution is -2.21. The number of nitrogens with one attached hydrogen (secondary N) is 2. The number of fused-ring (bicyclic) bond motifs is 1. The minimum atomic E-state index is -0.339. The van der Waals surface area contributed by atoms with Gasteiger partial charge in [0.25, 0.3) is 5.91 Å². The Balaban J connectivity index is 1.53. The molecule has 0 aliphatic carbocycles. The van der Waals surface area contributed by atoms with Crippen LogP contribution in [0.2, 0.25) is 0 Å². The van der Waals surface area contributed by atoms with Crippen LogP contribution in [0.25, 0.3) is 0 Å². The summed E-state index contributed by atoms with van der Waals surface area (Å²) in [5.41, 5.74) is 4.02. The van der Waals surface area contributed by atoms with Gasteiger partial charge < -0.3 is 14.8 Å². The average Bonchev–Trinajstić information content (AvgIpc) is 2.66. The van der Waals surface area contributed by atoms with Crippen molar-refractivity contribution < 1.29 is 19.1 Å². The third kappa shape index (κ3) is 5.30. The van der Waals surface area contributed by atoms with Gasteiger partial charge in [-0.2, -0.15) is 5.10 Å². The second-order valence-corrected chi connectivity index (χ2v) is 6.79. The number of anilines is 1. The van der Waals surface area contributed by atoms with Crippen molar-refractivity contribution in [2.75, 3.05) is 18.5 Å². The summed E-state index contributed by atoms with van der Waals surface area (Å²) in [6, 6.07) is 12.1. The number of ether oxygens (including phenoxy) is 2. The maximum atomic E-state index is 12.2. The van der Waals surface area contributed by atoms with Gasteiger partial charge in [-0.1, -0.05) is 15.9 Å². The molecule has 1 aliphatic heterocycles. The molecule has 0 bridgehead atoms. The first-order chi connectivity index (χ1) is 13.0. The molecule has 0 atom stereocenters. The van der Waals surface area contributed by atoms with Crippen LogP contribution in [0.5, 0.6) is 11.5 Å². The van der Waals surface area contributed by atoms with Crippen LogP contribution in [-0.2, 0) is 4.79 Å². The summed E-state index contributed by atoms with van der Waals surface area (Å²) < 4.78 is 11.8. The fourth-order valence-corrected chi connectivity index (χ4v) is 2.67. The van der Waals surface area contributed by atoms with E-state index in [1.165, 1.54) is 0 Å². The normalized spacial score (nSPS) is 13.0. The van der Waals surface area contributed by atoms with Crippen LogP contribution >= 0.6 is 15.9 Å². The first kappa shape index (κ1) is 18.9. The van der Waals surface area contributed by atoms with E-state index in [9.17, 15) is 9.59 Å². The summed E-state index contributed by atoms with van der Waals surface area (Å²) in [4.78, 5) is 24.2. The molecule has 1 aliphatic rings. The Bertz CT molecular complexity index is 881. The van der Waals surface area contributed by atoms with Crippen LogP contribution < -0.4 is 20.2 Å². The molecule has 27 heavy (non-hydrogen) atoms. The molecule has 0 unspecified atom stereocenters. The number of nitrogens with zero attached hydrogens (tertiary/aromatic N) is 1. The van der Waals surface area contributed by atoms with Gasteiger partial charge >= 0.3 is 0 Å². The Morgan fingerprint density at radius 3 is 2.52 bits per heavy atom. The van der Waals surface area contributed by atoms with Crippen LogP contribution in [-0.4, -0.2) is 30.7 Å². The summed E-state index contributed by atoms with van der Waals surface area (Å²) in [7, 11) is 0. The predicted molar refractivity (Wildman–Crippen MR) is 105 cm³/mol. The number of hydrogen-bond acceptors (Lipinski definition) is 5. The monoisotopic (exact) mass is 431 g/mol. The number of halogens is 1. The lowest BCUT2D eigenvalue weighted by Gasteiger charge is -2.19. The van der Waals surface area contributed by atoms with Gasteiger partial charge in [-0.25, -0.2) is 5.43 Å². The Morgan fingerprint density at radius 2 is 1.78 bits per heavy atom. The second-order valence-electron chi connectivity index (χ2n) is 5.88. The van der Waals surface area contributed by atoms with Gasteiger partial charge in [0, 0.05) is 27.5 Å². The van der Waals surface area contributed by atoms with Gasteiger partial charge in [0.1, 0.15) is 13.2 Å². The Labute approximate surface area is 164 Å². The van der Waals surface area contributed by atoms with Gasteiger partial charge in [-0.05, 0) is 43.3 Å². The van der Waals surface area contributed by atoms with E-state index in [1.807, 2.05) is 0 Å². The highest BCUT2D eigenvalue weighted by Gasteiger charge is 2.13. The van der Waals surface area contributed by atoms with Crippen molar-refractivity contribution in [3.8, 4) is 11.5 Å². The van der Waals surface area contributed by atoms with Crippen LogP contribution in [0.4, 0.5) is 5.69 Å². The zero-order valence-electron chi connectivity index (χ0n) is 14.6. The van der Waals surface area contributed by atoms with Crippen molar-refractivity contribution in [1.29, 1.82) is 0 Å². The standard InChI is InChI=1S/C19H18BrN3O4/c1-12(22-23-19(25)13-2-4-14(20)5-3-13)10-18(24)21-15-6-7-16-17(11-15)27-9-8-26-16/h2-7,11H,8-10H2,1H3,(H,21,24)(H,23,25). The number of hydrogen-bond donors (Lipinski definition) is 2. The summed E-state index contributed by atoms with van der Waals surface area (Å²) in [5.74, 6) is 0.679. The topological polar surface area (TPSA) is 89.0 Å². The molecule has 0 radical (unpaired) electrons. The molecule has 0 aromatic heterocycles. The van der Waals surface area contributed by atoms with E-state index >= 15 is 0 Å². The van der Waals surface area contributed by atoms with Crippen LogP contribution in [0.3, 0.4) is 0 Å². The number of hydrazone groups is 1. The van der Waals surface area contributed by atoms with Gasteiger partial charge in [-0.3, -0.25) is 9.59 Å². The van der Waals surface area contributed by atoms with E-state index < -0.39 is 0 Å². The molecule has 0 saturated heterocycles. The van der Waals surface area contributed by atoms with Crippen LogP contribution in [0.15, 0.2) is 52.0 Å². The fourth-order valence-electron chi connectivity index (χ4n) is 2.41. The minimum Gasteiger partial charge on any atom is -0.486 e. The third-order valence-corrected chi connectivity index (χ3v) is 4.23. The molecule has 2 N–H and O–H groups in total. The van der Waals surface area contributed by atoms with E-state index in [0.29, 0.717) is 41.7 Å². The Kier molecular flexibility index (Phi) is 6.08. The summed E-state index contributed by atoms with van der Waals surface area (Å²) in [5, 5.41) is 6.75. The van der Waals surface area contributed by atoms with Crippen molar-refractivity contribution in [2.45, 2.75) is 13.3 Å². The molecule has 3 rings (SSSR count). The fraction of sp³-hybridized carbons (Fsp3) is 0.211. The molecule has 140 valence electrons. The summed E-state index contributed by atoms with van der Waals surface area (Å²) in [6.07, 6.45) is 0.0507. The lowest BCUT2D eigenvalue weighted by molar-refractivity contribution is -0.115.